The molecular formula is C15H10ClF4NO2. The summed E-state index contributed by atoms with van der Waals surface area (Å²) in [5.74, 6) is -1.86. The summed E-state index contributed by atoms with van der Waals surface area (Å²) in [6.07, 6.45) is -4.73. The minimum Gasteiger partial charge on any atom is -0.456 e. The van der Waals surface area contributed by atoms with Crippen LogP contribution in [0.5, 0.6) is 11.5 Å². The molecule has 3 nitrogen and oxygen atoms in total. The Morgan fingerprint density at radius 2 is 1.83 bits per heavy atom. The standard InChI is InChI=1S/C15H10ClF4NO2/c1-7-4-8(17)2-3-12(7)23-13-6-10(15(18,19)20)11(16)5-9(13)14(21)22/h2-6H,1H3,(H2,21,22). The quantitative estimate of drug-likeness (QED) is 0.818. The van der Waals surface area contributed by atoms with Crippen molar-refractivity contribution in [3.8, 4) is 11.5 Å². The fourth-order valence-electron chi connectivity index (χ4n) is 1.89. The molecule has 0 aliphatic heterocycles. The van der Waals surface area contributed by atoms with Crippen molar-refractivity contribution in [2.45, 2.75) is 13.1 Å². The van der Waals surface area contributed by atoms with Gasteiger partial charge in [0.05, 0.1) is 16.1 Å². The fourth-order valence-corrected chi connectivity index (χ4v) is 2.16. The lowest BCUT2D eigenvalue weighted by molar-refractivity contribution is -0.137. The minimum atomic E-state index is -4.73. The molecule has 2 rings (SSSR count). The Balaban J connectivity index is 2.57. The summed E-state index contributed by atoms with van der Waals surface area (Å²) in [6, 6.07) is 4.83. The van der Waals surface area contributed by atoms with Crippen LogP contribution in [0, 0.1) is 12.7 Å². The normalized spacial score (nSPS) is 11.4. The lowest BCUT2D eigenvalue weighted by Crippen LogP contribution is -2.14. The number of nitrogens with two attached hydrogens (primary N) is 1. The fraction of sp³-hybridized carbons (Fsp3) is 0.133. The van der Waals surface area contributed by atoms with Gasteiger partial charge in [-0.1, -0.05) is 11.6 Å². The van der Waals surface area contributed by atoms with Crippen molar-refractivity contribution in [2.24, 2.45) is 5.73 Å². The predicted octanol–water partition coefficient (Wildman–Crippen LogP) is 4.70. The number of carbonyl (C=O) groups excluding carboxylic acids is 1. The number of amides is 1. The molecule has 122 valence electrons. The van der Waals surface area contributed by atoms with E-state index >= 15 is 0 Å². The highest BCUT2D eigenvalue weighted by Gasteiger charge is 2.35. The third-order valence-electron chi connectivity index (χ3n) is 3.00. The first kappa shape index (κ1) is 17.1. The third-order valence-corrected chi connectivity index (χ3v) is 3.31. The van der Waals surface area contributed by atoms with Crippen LogP contribution in [0.25, 0.3) is 0 Å². The van der Waals surface area contributed by atoms with Crippen LogP contribution in [0.15, 0.2) is 30.3 Å². The molecule has 2 aromatic carbocycles. The van der Waals surface area contributed by atoms with E-state index in [1.807, 2.05) is 0 Å². The Morgan fingerprint density at radius 3 is 2.35 bits per heavy atom. The van der Waals surface area contributed by atoms with Crippen molar-refractivity contribution in [2.75, 3.05) is 0 Å². The maximum Gasteiger partial charge on any atom is 0.417 e. The molecule has 0 saturated carbocycles. The van der Waals surface area contributed by atoms with Gasteiger partial charge in [0, 0.05) is 0 Å². The number of carbonyl (C=O) groups is 1. The molecular weight excluding hydrogens is 338 g/mol. The van der Waals surface area contributed by atoms with Gasteiger partial charge in [0.15, 0.2) is 0 Å². The van der Waals surface area contributed by atoms with E-state index in [-0.39, 0.29) is 11.3 Å². The zero-order valence-electron chi connectivity index (χ0n) is 11.7. The summed E-state index contributed by atoms with van der Waals surface area (Å²) in [6.45, 7) is 1.50. The van der Waals surface area contributed by atoms with Crippen LogP contribution >= 0.6 is 11.6 Å². The van der Waals surface area contributed by atoms with Gasteiger partial charge in [-0.15, -0.1) is 0 Å². The van der Waals surface area contributed by atoms with E-state index in [4.69, 9.17) is 22.1 Å². The maximum atomic E-state index is 13.1. The SMILES string of the molecule is Cc1cc(F)ccc1Oc1cc(C(F)(F)F)c(Cl)cc1C(N)=O. The summed E-state index contributed by atoms with van der Waals surface area (Å²) < 4.78 is 57.2. The Labute approximate surface area is 133 Å². The number of hydrogen-bond donors (Lipinski definition) is 1. The molecule has 0 heterocycles. The van der Waals surface area contributed by atoms with Gasteiger partial charge < -0.3 is 10.5 Å². The molecule has 0 radical (unpaired) electrons. The number of rotatable bonds is 3. The smallest absolute Gasteiger partial charge is 0.417 e. The molecule has 0 aromatic heterocycles. The molecule has 0 aliphatic carbocycles. The van der Waals surface area contributed by atoms with E-state index in [0.29, 0.717) is 11.6 Å². The van der Waals surface area contributed by atoms with E-state index < -0.39 is 34.2 Å². The number of ether oxygens (including phenoxy) is 1. The highest BCUT2D eigenvalue weighted by molar-refractivity contribution is 6.32. The number of alkyl halides is 3. The van der Waals surface area contributed by atoms with E-state index in [1.165, 1.54) is 13.0 Å². The second-order valence-electron chi connectivity index (χ2n) is 4.70. The number of aryl methyl sites for hydroxylation is 1. The summed E-state index contributed by atoms with van der Waals surface area (Å²) in [5.41, 5.74) is 4.00. The first-order valence-electron chi connectivity index (χ1n) is 6.24. The molecule has 0 bridgehead atoms. The first-order chi connectivity index (χ1) is 10.6. The molecule has 0 aliphatic rings. The second kappa shape index (κ2) is 6.08. The van der Waals surface area contributed by atoms with Crippen molar-refractivity contribution in [1.29, 1.82) is 0 Å². The molecule has 2 N–H and O–H groups in total. The van der Waals surface area contributed by atoms with Crippen molar-refractivity contribution in [3.05, 3.63) is 57.9 Å². The molecule has 0 spiro atoms. The van der Waals surface area contributed by atoms with E-state index in [0.717, 1.165) is 18.2 Å². The van der Waals surface area contributed by atoms with Gasteiger partial charge in [0.2, 0.25) is 0 Å². The number of benzene rings is 2. The van der Waals surface area contributed by atoms with E-state index in [1.54, 1.807) is 0 Å². The highest BCUT2D eigenvalue weighted by atomic mass is 35.5. The highest BCUT2D eigenvalue weighted by Crippen LogP contribution is 2.40. The van der Waals surface area contributed by atoms with Crippen LogP contribution in [0.3, 0.4) is 0 Å². The molecule has 8 heteroatoms. The number of primary amides is 1. The maximum absolute atomic E-state index is 13.1. The van der Waals surface area contributed by atoms with Crippen LogP contribution < -0.4 is 10.5 Å². The number of halogens is 5. The molecule has 0 atom stereocenters. The first-order valence-corrected chi connectivity index (χ1v) is 6.62. The van der Waals surface area contributed by atoms with Gasteiger partial charge in [-0.3, -0.25) is 4.79 Å². The molecule has 2 aromatic rings. The average molecular weight is 348 g/mol. The van der Waals surface area contributed by atoms with Crippen molar-refractivity contribution >= 4 is 17.5 Å². The second-order valence-corrected chi connectivity index (χ2v) is 5.11. The average Bonchev–Trinajstić information content (AvgIpc) is 2.41. The van der Waals surface area contributed by atoms with Gasteiger partial charge in [-0.25, -0.2) is 4.39 Å². The van der Waals surface area contributed by atoms with Gasteiger partial charge in [0.1, 0.15) is 17.3 Å². The Kier molecular flexibility index (Phi) is 4.51. The van der Waals surface area contributed by atoms with Crippen LogP contribution in [0.1, 0.15) is 21.5 Å². The van der Waals surface area contributed by atoms with E-state index in [2.05, 4.69) is 0 Å². The largest absolute Gasteiger partial charge is 0.456 e. The van der Waals surface area contributed by atoms with Crippen LogP contribution in [0.2, 0.25) is 5.02 Å². The molecule has 23 heavy (non-hydrogen) atoms. The number of hydrogen-bond acceptors (Lipinski definition) is 2. The minimum absolute atomic E-state index is 0.0874. The van der Waals surface area contributed by atoms with Crippen molar-refractivity contribution in [1.82, 2.24) is 0 Å². The molecule has 0 unspecified atom stereocenters. The topological polar surface area (TPSA) is 52.3 Å². The summed E-state index contributed by atoms with van der Waals surface area (Å²) >= 11 is 5.55. The van der Waals surface area contributed by atoms with Gasteiger partial charge in [-0.2, -0.15) is 13.2 Å². The lowest BCUT2D eigenvalue weighted by Gasteiger charge is -2.15. The summed E-state index contributed by atoms with van der Waals surface area (Å²) in [4.78, 5) is 11.4. The Morgan fingerprint density at radius 1 is 1.17 bits per heavy atom. The Hall–Kier alpha value is -2.28. The molecule has 0 fully saturated rings. The molecule has 0 saturated heterocycles. The van der Waals surface area contributed by atoms with Crippen molar-refractivity contribution in [3.63, 3.8) is 0 Å². The lowest BCUT2D eigenvalue weighted by atomic mass is 10.1. The predicted molar refractivity (Wildman–Crippen MR) is 76.2 cm³/mol. The Bertz CT molecular complexity index is 775. The zero-order valence-corrected chi connectivity index (χ0v) is 12.4. The monoisotopic (exact) mass is 347 g/mol. The van der Waals surface area contributed by atoms with Gasteiger partial charge >= 0.3 is 6.18 Å². The van der Waals surface area contributed by atoms with Gasteiger partial charge in [-0.05, 0) is 42.8 Å². The zero-order chi connectivity index (χ0) is 17.4. The van der Waals surface area contributed by atoms with Crippen molar-refractivity contribution < 1.29 is 27.1 Å². The van der Waals surface area contributed by atoms with Crippen LogP contribution in [-0.4, -0.2) is 5.91 Å². The summed E-state index contributed by atoms with van der Waals surface area (Å²) in [5, 5.41) is -0.672. The molecule has 1 amide bonds. The van der Waals surface area contributed by atoms with Crippen LogP contribution in [0.4, 0.5) is 17.6 Å². The summed E-state index contributed by atoms with van der Waals surface area (Å²) in [7, 11) is 0. The van der Waals surface area contributed by atoms with Gasteiger partial charge in [0.25, 0.3) is 5.91 Å². The van der Waals surface area contributed by atoms with E-state index in [9.17, 15) is 22.4 Å². The third kappa shape index (κ3) is 3.73. The van der Waals surface area contributed by atoms with Crippen LogP contribution in [-0.2, 0) is 6.18 Å².